The fraction of sp³-hybridized carbons (Fsp3) is 0.857. The zero-order valence-corrected chi connectivity index (χ0v) is 12.6. The maximum absolute atomic E-state index is 12.1. The van der Waals surface area contributed by atoms with Crippen LogP contribution in [0.15, 0.2) is 0 Å². The van der Waals surface area contributed by atoms with Gasteiger partial charge in [0.1, 0.15) is 11.6 Å². The third-order valence-electron chi connectivity index (χ3n) is 2.74. The summed E-state index contributed by atoms with van der Waals surface area (Å²) < 4.78 is 10.5. The van der Waals surface area contributed by atoms with Gasteiger partial charge in [0.25, 0.3) is 0 Å². The van der Waals surface area contributed by atoms with Crippen molar-refractivity contribution in [2.75, 3.05) is 13.1 Å². The molecule has 0 bridgehead atoms. The van der Waals surface area contributed by atoms with E-state index in [-0.39, 0.29) is 30.6 Å². The maximum atomic E-state index is 12.1. The fourth-order valence-electron chi connectivity index (χ4n) is 2.12. The number of rotatable bonds is 4. The SMILES string of the molecule is CC(C)OC(=O)CN1CCC[C@@H]1C(=O)OC(C)(C)C. The van der Waals surface area contributed by atoms with Crippen LogP contribution in [0.3, 0.4) is 0 Å². The van der Waals surface area contributed by atoms with E-state index in [1.165, 1.54) is 0 Å². The van der Waals surface area contributed by atoms with Crippen LogP contribution in [0.25, 0.3) is 0 Å². The molecule has 0 spiro atoms. The van der Waals surface area contributed by atoms with Gasteiger partial charge in [0.2, 0.25) is 0 Å². The molecule has 1 aliphatic rings. The van der Waals surface area contributed by atoms with E-state index in [2.05, 4.69) is 0 Å². The van der Waals surface area contributed by atoms with E-state index in [0.29, 0.717) is 0 Å². The predicted octanol–water partition coefficient (Wildman–Crippen LogP) is 1.74. The molecular weight excluding hydrogens is 246 g/mol. The maximum Gasteiger partial charge on any atom is 0.323 e. The Labute approximate surface area is 115 Å². The van der Waals surface area contributed by atoms with E-state index < -0.39 is 5.60 Å². The summed E-state index contributed by atoms with van der Waals surface area (Å²) in [6.07, 6.45) is 1.51. The van der Waals surface area contributed by atoms with Crippen molar-refractivity contribution in [3.05, 3.63) is 0 Å². The highest BCUT2D eigenvalue weighted by Crippen LogP contribution is 2.20. The number of ether oxygens (including phenoxy) is 2. The molecule has 19 heavy (non-hydrogen) atoms. The largest absolute Gasteiger partial charge is 0.462 e. The Morgan fingerprint density at radius 1 is 1.32 bits per heavy atom. The Morgan fingerprint density at radius 2 is 1.95 bits per heavy atom. The molecule has 0 radical (unpaired) electrons. The molecule has 0 aromatic heterocycles. The van der Waals surface area contributed by atoms with Crippen LogP contribution in [0.4, 0.5) is 0 Å². The van der Waals surface area contributed by atoms with E-state index in [9.17, 15) is 9.59 Å². The third kappa shape index (κ3) is 5.59. The lowest BCUT2D eigenvalue weighted by Gasteiger charge is -2.26. The van der Waals surface area contributed by atoms with Crippen molar-refractivity contribution in [2.45, 2.75) is 65.2 Å². The van der Waals surface area contributed by atoms with Gasteiger partial charge in [-0.05, 0) is 54.0 Å². The van der Waals surface area contributed by atoms with Gasteiger partial charge in [0.15, 0.2) is 0 Å². The van der Waals surface area contributed by atoms with Crippen molar-refractivity contribution < 1.29 is 19.1 Å². The lowest BCUT2D eigenvalue weighted by Crippen LogP contribution is -2.43. The predicted molar refractivity (Wildman–Crippen MR) is 71.7 cm³/mol. The molecule has 0 aromatic rings. The Kier molecular flexibility index (Phi) is 5.35. The van der Waals surface area contributed by atoms with Crippen molar-refractivity contribution >= 4 is 11.9 Å². The van der Waals surface area contributed by atoms with Gasteiger partial charge in [0.05, 0.1) is 12.6 Å². The first kappa shape index (κ1) is 16.0. The monoisotopic (exact) mass is 271 g/mol. The zero-order chi connectivity index (χ0) is 14.6. The van der Waals surface area contributed by atoms with Crippen molar-refractivity contribution in [1.29, 1.82) is 0 Å². The second kappa shape index (κ2) is 6.37. The first-order valence-electron chi connectivity index (χ1n) is 6.85. The van der Waals surface area contributed by atoms with Crippen molar-refractivity contribution in [1.82, 2.24) is 4.90 Å². The standard InChI is InChI=1S/C14H25NO4/c1-10(2)18-12(16)9-15-8-6-7-11(15)13(17)19-14(3,4)5/h10-11H,6-9H2,1-5H3/t11-/m1/s1. The average molecular weight is 271 g/mol. The van der Waals surface area contributed by atoms with Gasteiger partial charge >= 0.3 is 11.9 Å². The minimum absolute atomic E-state index is 0.130. The molecule has 0 N–H and O–H groups in total. The smallest absolute Gasteiger partial charge is 0.323 e. The van der Waals surface area contributed by atoms with E-state index in [0.717, 1.165) is 19.4 Å². The summed E-state index contributed by atoms with van der Waals surface area (Å²) in [6, 6.07) is -0.320. The number of esters is 2. The van der Waals surface area contributed by atoms with Gasteiger partial charge < -0.3 is 9.47 Å². The minimum Gasteiger partial charge on any atom is -0.462 e. The molecule has 1 rings (SSSR count). The molecule has 0 saturated carbocycles. The Bertz CT molecular complexity index is 333. The van der Waals surface area contributed by atoms with Crippen LogP contribution in [-0.4, -0.2) is 47.7 Å². The van der Waals surface area contributed by atoms with Gasteiger partial charge in [-0.25, -0.2) is 0 Å². The molecule has 1 atom stereocenters. The second-order valence-corrected chi connectivity index (χ2v) is 6.20. The van der Waals surface area contributed by atoms with Gasteiger partial charge in [-0.1, -0.05) is 0 Å². The van der Waals surface area contributed by atoms with Crippen molar-refractivity contribution in [2.24, 2.45) is 0 Å². The van der Waals surface area contributed by atoms with Gasteiger partial charge in [-0.15, -0.1) is 0 Å². The molecule has 1 aliphatic heterocycles. The Morgan fingerprint density at radius 3 is 2.47 bits per heavy atom. The third-order valence-corrected chi connectivity index (χ3v) is 2.74. The molecular formula is C14H25NO4. The quantitative estimate of drug-likeness (QED) is 0.729. The van der Waals surface area contributed by atoms with Crippen LogP contribution >= 0.6 is 0 Å². The average Bonchev–Trinajstić information content (AvgIpc) is 2.61. The van der Waals surface area contributed by atoms with Crippen molar-refractivity contribution in [3.63, 3.8) is 0 Å². The second-order valence-electron chi connectivity index (χ2n) is 6.20. The molecule has 1 heterocycles. The molecule has 0 amide bonds. The first-order valence-corrected chi connectivity index (χ1v) is 6.85. The van der Waals surface area contributed by atoms with Crippen LogP contribution in [0.2, 0.25) is 0 Å². The summed E-state index contributed by atoms with van der Waals surface area (Å²) in [5, 5.41) is 0. The highest BCUT2D eigenvalue weighted by Gasteiger charge is 2.35. The summed E-state index contributed by atoms with van der Waals surface area (Å²) in [7, 11) is 0. The van der Waals surface area contributed by atoms with Crippen LogP contribution in [0.1, 0.15) is 47.5 Å². The van der Waals surface area contributed by atoms with E-state index in [4.69, 9.17) is 9.47 Å². The van der Waals surface area contributed by atoms with Gasteiger partial charge in [0, 0.05) is 0 Å². The summed E-state index contributed by atoms with van der Waals surface area (Å²) >= 11 is 0. The number of likely N-dealkylation sites (tertiary alicyclic amines) is 1. The summed E-state index contributed by atoms with van der Waals surface area (Å²) in [6.45, 7) is 10.0. The first-order chi connectivity index (χ1) is 8.69. The number of hydrogen-bond donors (Lipinski definition) is 0. The molecule has 5 heteroatoms. The molecule has 0 aromatic carbocycles. The number of hydrogen-bond acceptors (Lipinski definition) is 5. The zero-order valence-electron chi connectivity index (χ0n) is 12.6. The van der Waals surface area contributed by atoms with Crippen LogP contribution in [-0.2, 0) is 19.1 Å². The van der Waals surface area contributed by atoms with Crippen LogP contribution in [0, 0.1) is 0 Å². The van der Waals surface area contributed by atoms with Gasteiger partial charge in [-0.2, -0.15) is 0 Å². The lowest BCUT2D eigenvalue weighted by molar-refractivity contribution is -0.161. The number of carbonyl (C=O) groups is 2. The van der Waals surface area contributed by atoms with Gasteiger partial charge in [-0.3, -0.25) is 14.5 Å². The highest BCUT2D eigenvalue weighted by molar-refractivity contribution is 5.78. The summed E-state index contributed by atoms with van der Waals surface area (Å²) in [5.74, 6) is -0.534. The molecule has 1 saturated heterocycles. The summed E-state index contributed by atoms with van der Waals surface area (Å²) in [5.41, 5.74) is -0.496. The lowest BCUT2D eigenvalue weighted by atomic mass is 10.1. The Balaban J connectivity index is 2.54. The van der Waals surface area contributed by atoms with Crippen LogP contribution in [0.5, 0.6) is 0 Å². The van der Waals surface area contributed by atoms with Crippen LogP contribution < -0.4 is 0 Å². The van der Waals surface area contributed by atoms with Crippen molar-refractivity contribution in [3.8, 4) is 0 Å². The normalized spacial score (nSPS) is 20.6. The topological polar surface area (TPSA) is 55.8 Å². The van der Waals surface area contributed by atoms with E-state index in [1.54, 1.807) is 0 Å². The number of nitrogens with zero attached hydrogens (tertiary/aromatic N) is 1. The molecule has 0 aliphatic carbocycles. The molecule has 1 fully saturated rings. The molecule has 110 valence electrons. The fourth-order valence-corrected chi connectivity index (χ4v) is 2.12. The number of carbonyl (C=O) groups excluding carboxylic acids is 2. The summed E-state index contributed by atoms with van der Waals surface area (Å²) in [4.78, 5) is 25.6. The Hall–Kier alpha value is -1.10. The molecule has 0 unspecified atom stereocenters. The minimum atomic E-state index is -0.496. The highest BCUT2D eigenvalue weighted by atomic mass is 16.6. The molecule has 5 nitrogen and oxygen atoms in total. The van der Waals surface area contributed by atoms with E-state index >= 15 is 0 Å². The van der Waals surface area contributed by atoms with E-state index in [1.807, 2.05) is 39.5 Å².